The third-order valence-electron chi connectivity index (χ3n) is 4.52. The Morgan fingerprint density at radius 1 is 1.12 bits per heavy atom. The van der Waals surface area contributed by atoms with Crippen LogP contribution in [0, 0.1) is 0 Å². The van der Waals surface area contributed by atoms with E-state index in [1.165, 1.54) is 0 Å². The molecule has 1 saturated heterocycles. The number of nitrogens with zero attached hydrogens (tertiary/aromatic N) is 5. The van der Waals surface area contributed by atoms with Crippen molar-refractivity contribution in [2.75, 3.05) is 36.4 Å². The molecule has 2 aliphatic rings. The number of piperazine rings is 1. The van der Waals surface area contributed by atoms with Crippen molar-refractivity contribution >= 4 is 29.0 Å². The van der Waals surface area contributed by atoms with Crippen molar-refractivity contribution in [2.24, 2.45) is 0 Å². The minimum Gasteiger partial charge on any atom is -0.367 e. The SMILES string of the molecule is O=C(Nc1cnc(C2CC2)nc1)N1CCN(c2ccncc2Cl)CC1. The fourth-order valence-corrected chi connectivity index (χ4v) is 3.17. The van der Waals surface area contributed by atoms with E-state index in [1.54, 1.807) is 29.7 Å². The van der Waals surface area contributed by atoms with Crippen LogP contribution in [0.2, 0.25) is 5.02 Å². The first kappa shape index (κ1) is 16.1. The van der Waals surface area contributed by atoms with Crippen molar-refractivity contribution < 1.29 is 4.79 Å². The first-order chi connectivity index (χ1) is 12.2. The summed E-state index contributed by atoms with van der Waals surface area (Å²) in [5.74, 6) is 1.39. The number of pyridine rings is 1. The predicted octanol–water partition coefficient (Wildman–Crippen LogP) is 2.76. The molecule has 8 heteroatoms. The number of rotatable bonds is 3. The van der Waals surface area contributed by atoms with Gasteiger partial charge < -0.3 is 15.1 Å². The number of hydrogen-bond donors (Lipinski definition) is 1. The molecule has 1 aliphatic carbocycles. The average Bonchev–Trinajstić information content (AvgIpc) is 3.48. The van der Waals surface area contributed by atoms with E-state index in [1.807, 2.05) is 6.07 Å². The third kappa shape index (κ3) is 3.66. The first-order valence-corrected chi connectivity index (χ1v) is 8.81. The molecule has 1 aliphatic heterocycles. The summed E-state index contributed by atoms with van der Waals surface area (Å²) in [7, 11) is 0. The van der Waals surface area contributed by atoms with Crippen molar-refractivity contribution in [3.63, 3.8) is 0 Å². The molecule has 1 N–H and O–H groups in total. The van der Waals surface area contributed by atoms with Crippen LogP contribution in [0.25, 0.3) is 0 Å². The van der Waals surface area contributed by atoms with Crippen LogP contribution in [-0.4, -0.2) is 52.1 Å². The Balaban J connectivity index is 1.32. The van der Waals surface area contributed by atoms with Gasteiger partial charge in [-0.2, -0.15) is 0 Å². The molecule has 0 spiro atoms. The molecule has 0 unspecified atom stereocenters. The van der Waals surface area contributed by atoms with E-state index in [4.69, 9.17) is 11.6 Å². The second kappa shape index (κ2) is 6.84. The van der Waals surface area contributed by atoms with Crippen LogP contribution in [0.5, 0.6) is 0 Å². The van der Waals surface area contributed by atoms with Crippen LogP contribution in [0.1, 0.15) is 24.6 Å². The Kier molecular flexibility index (Phi) is 4.40. The average molecular weight is 359 g/mol. The monoisotopic (exact) mass is 358 g/mol. The molecular weight excluding hydrogens is 340 g/mol. The van der Waals surface area contributed by atoms with Gasteiger partial charge >= 0.3 is 6.03 Å². The van der Waals surface area contributed by atoms with E-state index in [0.717, 1.165) is 37.4 Å². The van der Waals surface area contributed by atoms with Gasteiger partial charge in [-0.05, 0) is 18.9 Å². The zero-order chi connectivity index (χ0) is 17.2. The number of halogens is 1. The van der Waals surface area contributed by atoms with Crippen molar-refractivity contribution in [3.8, 4) is 0 Å². The quantitative estimate of drug-likeness (QED) is 0.913. The van der Waals surface area contributed by atoms with Crippen molar-refractivity contribution in [3.05, 3.63) is 41.7 Å². The van der Waals surface area contributed by atoms with Gasteiger partial charge in [0.25, 0.3) is 0 Å². The molecule has 0 bridgehead atoms. The van der Waals surface area contributed by atoms with Gasteiger partial charge in [0.05, 0.1) is 28.8 Å². The van der Waals surface area contributed by atoms with Crippen molar-refractivity contribution in [2.45, 2.75) is 18.8 Å². The van der Waals surface area contributed by atoms with E-state index in [2.05, 4.69) is 25.2 Å². The molecule has 2 aromatic rings. The molecule has 0 aromatic carbocycles. The molecular formula is C17H19ClN6O. The van der Waals surface area contributed by atoms with Crippen molar-refractivity contribution in [1.82, 2.24) is 19.9 Å². The summed E-state index contributed by atoms with van der Waals surface area (Å²) in [6.45, 7) is 2.72. The lowest BCUT2D eigenvalue weighted by atomic mass is 10.2. The number of hydrogen-bond acceptors (Lipinski definition) is 5. The molecule has 0 radical (unpaired) electrons. The Hall–Kier alpha value is -2.41. The highest BCUT2D eigenvalue weighted by Gasteiger charge is 2.26. The first-order valence-electron chi connectivity index (χ1n) is 8.43. The van der Waals surface area contributed by atoms with Crippen LogP contribution in [0.15, 0.2) is 30.9 Å². The van der Waals surface area contributed by atoms with Gasteiger partial charge in [-0.3, -0.25) is 4.98 Å². The van der Waals surface area contributed by atoms with Crippen LogP contribution < -0.4 is 10.2 Å². The molecule has 1 saturated carbocycles. The smallest absolute Gasteiger partial charge is 0.322 e. The molecule has 2 fully saturated rings. The van der Waals surface area contributed by atoms with Crippen LogP contribution >= 0.6 is 11.6 Å². The highest BCUT2D eigenvalue weighted by Crippen LogP contribution is 2.37. The number of carbonyl (C=O) groups is 1. The van der Waals surface area contributed by atoms with Crippen molar-refractivity contribution in [1.29, 1.82) is 0 Å². The minimum absolute atomic E-state index is 0.122. The lowest BCUT2D eigenvalue weighted by molar-refractivity contribution is 0.208. The van der Waals surface area contributed by atoms with Gasteiger partial charge in [-0.1, -0.05) is 11.6 Å². The third-order valence-corrected chi connectivity index (χ3v) is 4.82. The lowest BCUT2D eigenvalue weighted by Gasteiger charge is -2.36. The summed E-state index contributed by atoms with van der Waals surface area (Å²) < 4.78 is 0. The number of carbonyl (C=O) groups excluding carboxylic acids is 1. The fourth-order valence-electron chi connectivity index (χ4n) is 2.93. The lowest BCUT2D eigenvalue weighted by Crippen LogP contribution is -2.50. The Morgan fingerprint density at radius 3 is 2.48 bits per heavy atom. The Bertz CT molecular complexity index is 756. The summed E-state index contributed by atoms with van der Waals surface area (Å²) >= 11 is 6.19. The van der Waals surface area contributed by atoms with Gasteiger partial charge in [0.15, 0.2) is 0 Å². The summed E-state index contributed by atoms with van der Waals surface area (Å²) in [5, 5.41) is 3.50. The van der Waals surface area contributed by atoms with E-state index in [9.17, 15) is 4.79 Å². The second-order valence-corrected chi connectivity index (χ2v) is 6.74. The zero-order valence-electron chi connectivity index (χ0n) is 13.7. The molecule has 25 heavy (non-hydrogen) atoms. The fraction of sp³-hybridized carbons (Fsp3) is 0.412. The van der Waals surface area contributed by atoms with Crippen LogP contribution in [-0.2, 0) is 0 Å². The Morgan fingerprint density at radius 2 is 1.84 bits per heavy atom. The van der Waals surface area contributed by atoms with E-state index < -0.39 is 0 Å². The summed E-state index contributed by atoms with van der Waals surface area (Å²) in [5.41, 5.74) is 1.59. The summed E-state index contributed by atoms with van der Waals surface area (Å²) in [6, 6.07) is 1.78. The summed E-state index contributed by atoms with van der Waals surface area (Å²) in [4.78, 5) is 29.0. The van der Waals surface area contributed by atoms with Gasteiger partial charge in [0.2, 0.25) is 0 Å². The minimum atomic E-state index is -0.122. The van der Waals surface area contributed by atoms with Crippen LogP contribution in [0.3, 0.4) is 0 Å². The number of amides is 2. The molecule has 2 aromatic heterocycles. The second-order valence-electron chi connectivity index (χ2n) is 6.34. The van der Waals surface area contributed by atoms with Gasteiger partial charge in [0, 0.05) is 44.5 Å². The van der Waals surface area contributed by atoms with Crippen LogP contribution in [0.4, 0.5) is 16.2 Å². The van der Waals surface area contributed by atoms with Gasteiger partial charge in [0.1, 0.15) is 5.82 Å². The topological polar surface area (TPSA) is 74.2 Å². The highest BCUT2D eigenvalue weighted by molar-refractivity contribution is 6.33. The molecule has 4 rings (SSSR count). The number of nitrogens with one attached hydrogen (secondary N) is 1. The molecule has 2 amide bonds. The van der Waals surface area contributed by atoms with Gasteiger partial charge in [-0.25, -0.2) is 14.8 Å². The predicted molar refractivity (Wildman–Crippen MR) is 96.1 cm³/mol. The number of anilines is 2. The largest absolute Gasteiger partial charge is 0.367 e. The number of urea groups is 1. The maximum absolute atomic E-state index is 12.4. The van der Waals surface area contributed by atoms with Gasteiger partial charge in [-0.15, -0.1) is 0 Å². The molecule has 0 atom stereocenters. The zero-order valence-corrected chi connectivity index (χ0v) is 14.5. The van der Waals surface area contributed by atoms with E-state index >= 15 is 0 Å². The van der Waals surface area contributed by atoms with E-state index in [-0.39, 0.29) is 6.03 Å². The normalized spacial score (nSPS) is 17.5. The van der Waals surface area contributed by atoms with E-state index in [0.29, 0.717) is 29.7 Å². The summed E-state index contributed by atoms with van der Waals surface area (Å²) in [6.07, 6.45) is 9.07. The Labute approximate surface area is 151 Å². The maximum atomic E-state index is 12.4. The molecule has 7 nitrogen and oxygen atoms in total. The highest BCUT2D eigenvalue weighted by atomic mass is 35.5. The standard InChI is InChI=1S/C17H19ClN6O/c18-14-11-19-4-3-15(14)23-5-7-24(8-6-23)17(25)22-13-9-20-16(21-10-13)12-1-2-12/h3-4,9-12H,1-2,5-8H2,(H,22,25). The maximum Gasteiger partial charge on any atom is 0.322 e. The molecule has 3 heterocycles. The molecule has 130 valence electrons. The number of aromatic nitrogens is 3.